The molecule has 0 saturated carbocycles. The van der Waals surface area contributed by atoms with E-state index >= 15 is 0 Å². The number of hydrogen-bond donors (Lipinski definition) is 0. The quantitative estimate of drug-likeness (QED) is 0.494. The minimum atomic E-state index is 1.03. The van der Waals surface area contributed by atoms with Crippen LogP contribution >= 0.6 is 0 Å². The van der Waals surface area contributed by atoms with Crippen molar-refractivity contribution in [3.8, 4) is 0 Å². The lowest BCUT2D eigenvalue weighted by molar-refractivity contribution is 1.04. The van der Waals surface area contributed by atoms with Crippen molar-refractivity contribution in [2.75, 3.05) is 0 Å². The van der Waals surface area contributed by atoms with Gasteiger partial charge in [0.2, 0.25) is 0 Å². The van der Waals surface area contributed by atoms with Crippen LogP contribution in [0.2, 0.25) is 0 Å². The molecular formula is C14H18. The molecule has 0 nitrogen and oxygen atoms in total. The summed E-state index contributed by atoms with van der Waals surface area (Å²) in [6.07, 6.45) is 26.0. The third-order valence-electron chi connectivity index (χ3n) is 1.98. The Morgan fingerprint density at radius 2 is 1.00 bits per heavy atom. The van der Waals surface area contributed by atoms with Gasteiger partial charge in [0.25, 0.3) is 0 Å². The largest absolute Gasteiger partial charge is 0.0879 e. The monoisotopic (exact) mass is 186 g/mol. The number of rotatable bonds is 0. The smallest absolute Gasteiger partial charge is 0.0166 e. The van der Waals surface area contributed by atoms with Crippen molar-refractivity contribution in [3.05, 3.63) is 60.8 Å². The second-order valence-electron chi connectivity index (χ2n) is 3.23. The van der Waals surface area contributed by atoms with Crippen LogP contribution in [0.5, 0.6) is 0 Å². The number of hydrogen-bond acceptors (Lipinski definition) is 0. The standard InChI is InChI=1S/C14H18/c1-2-4-6-8-10-12-14-13-11-9-7-5-3-1/h1-6,9,11-12,14H,7-8,10,13H2/b2-1+,5-3?,6-4-,11-9-,14-12-. The van der Waals surface area contributed by atoms with E-state index in [4.69, 9.17) is 0 Å². The highest BCUT2D eigenvalue weighted by atomic mass is 13.8. The van der Waals surface area contributed by atoms with Crippen molar-refractivity contribution in [3.63, 3.8) is 0 Å². The minimum absolute atomic E-state index is 1.03. The Labute approximate surface area is 87.0 Å². The Morgan fingerprint density at radius 1 is 0.429 bits per heavy atom. The maximum Gasteiger partial charge on any atom is -0.0166 e. The van der Waals surface area contributed by atoms with Crippen LogP contribution < -0.4 is 0 Å². The zero-order valence-corrected chi connectivity index (χ0v) is 8.60. The first kappa shape index (κ1) is 10.8. The van der Waals surface area contributed by atoms with Gasteiger partial charge in [0, 0.05) is 0 Å². The first-order chi connectivity index (χ1) is 7.00. The molecule has 0 radical (unpaired) electrons. The van der Waals surface area contributed by atoms with Crippen molar-refractivity contribution >= 4 is 0 Å². The molecule has 0 saturated heterocycles. The number of allylic oxidation sites excluding steroid dienone is 10. The molecule has 0 unspecified atom stereocenters. The lowest BCUT2D eigenvalue weighted by Crippen LogP contribution is -1.66. The molecule has 0 spiro atoms. The van der Waals surface area contributed by atoms with Gasteiger partial charge in [-0.1, -0.05) is 60.8 Å². The molecule has 1 rings (SSSR count). The van der Waals surface area contributed by atoms with Crippen LogP contribution in [-0.4, -0.2) is 0 Å². The summed E-state index contributed by atoms with van der Waals surface area (Å²) in [7, 11) is 0. The van der Waals surface area contributed by atoms with Crippen LogP contribution in [0.1, 0.15) is 25.7 Å². The van der Waals surface area contributed by atoms with Crippen LogP contribution in [0.4, 0.5) is 0 Å². The Balaban J connectivity index is 2.45. The van der Waals surface area contributed by atoms with Gasteiger partial charge in [0.05, 0.1) is 0 Å². The van der Waals surface area contributed by atoms with Crippen LogP contribution in [-0.2, 0) is 0 Å². The van der Waals surface area contributed by atoms with E-state index in [2.05, 4.69) is 60.8 Å². The molecule has 0 heteroatoms. The zero-order valence-electron chi connectivity index (χ0n) is 8.60. The van der Waals surface area contributed by atoms with E-state index in [0.29, 0.717) is 0 Å². The minimum Gasteiger partial charge on any atom is -0.0879 e. The Kier molecular flexibility index (Phi) is 6.39. The van der Waals surface area contributed by atoms with Gasteiger partial charge >= 0.3 is 0 Å². The van der Waals surface area contributed by atoms with E-state index in [-0.39, 0.29) is 0 Å². The maximum atomic E-state index is 2.25. The molecular weight excluding hydrogens is 168 g/mol. The van der Waals surface area contributed by atoms with E-state index in [9.17, 15) is 0 Å². The van der Waals surface area contributed by atoms with Crippen molar-refractivity contribution < 1.29 is 0 Å². The second kappa shape index (κ2) is 8.31. The fourth-order valence-corrected chi connectivity index (χ4v) is 1.22. The highest BCUT2D eigenvalue weighted by Gasteiger charge is 1.77. The van der Waals surface area contributed by atoms with Gasteiger partial charge in [-0.15, -0.1) is 0 Å². The second-order valence-corrected chi connectivity index (χ2v) is 3.23. The summed E-state index contributed by atoms with van der Waals surface area (Å²) in [6.45, 7) is 0. The van der Waals surface area contributed by atoms with Gasteiger partial charge in [-0.3, -0.25) is 0 Å². The van der Waals surface area contributed by atoms with Gasteiger partial charge < -0.3 is 0 Å². The lowest BCUT2D eigenvalue weighted by Gasteiger charge is -1.87. The van der Waals surface area contributed by atoms with Crippen molar-refractivity contribution in [1.29, 1.82) is 0 Å². The van der Waals surface area contributed by atoms with Gasteiger partial charge in [-0.2, -0.15) is 0 Å². The van der Waals surface area contributed by atoms with Gasteiger partial charge in [0.1, 0.15) is 0 Å². The molecule has 0 heterocycles. The fraction of sp³-hybridized carbons (Fsp3) is 0.286. The van der Waals surface area contributed by atoms with E-state index in [1.165, 1.54) is 0 Å². The summed E-state index contributed by atoms with van der Waals surface area (Å²) in [5.74, 6) is 0. The maximum absolute atomic E-state index is 2.25. The molecule has 0 atom stereocenters. The van der Waals surface area contributed by atoms with Gasteiger partial charge in [-0.25, -0.2) is 0 Å². The average molecular weight is 186 g/mol. The summed E-state index contributed by atoms with van der Waals surface area (Å²) in [5.41, 5.74) is 0. The van der Waals surface area contributed by atoms with Crippen LogP contribution in [0.15, 0.2) is 60.8 Å². The molecule has 1 aliphatic carbocycles. The molecule has 0 aliphatic heterocycles. The average Bonchev–Trinajstić information content (AvgIpc) is 2.22. The normalized spacial score (nSPS) is 27.4. The van der Waals surface area contributed by atoms with Crippen molar-refractivity contribution in [2.24, 2.45) is 0 Å². The molecule has 0 aromatic heterocycles. The molecule has 0 aromatic carbocycles. The molecule has 14 heavy (non-hydrogen) atoms. The molecule has 0 N–H and O–H groups in total. The third-order valence-corrected chi connectivity index (χ3v) is 1.98. The van der Waals surface area contributed by atoms with Crippen LogP contribution in [0.25, 0.3) is 0 Å². The summed E-state index contributed by atoms with van der Waals surface area (Å²) >= 11 is 0. The van der Waals surface area contributed by atoms with Gasteiger partial charge in [0.15, 0.2) is 0 Å². The summed E-state index contributed by atoms with van der Waals surface area (Å²) in [4.78, 5) is 0. The first-order valence-electron chi connectivity index (χ1n) is 5.28. The summed E-state index contributed by atoms with van der Waals surface area (Å²) in [5, 5.41) is 0. The summed E-state index contributed by atoms with van der Waals surface area (Å²) < 4.78 is 0. The molecule has 1 aliphatic rings. The molecule has 0 aromatic rings. The van der Waals surface area contributed by atoms with Crippen LogP contribution in [0, 0.1) is 0 Å². The van der Waals surface area contributed by atoms with E-state index in [1.54, 1.807) is 0 Å². The molecule has 0 fully saturated rings. The van der Waals surface area contributed by atoms with E-state index in [1.807, 2.05) is 0 Å². The van der Waals surface area contributed by atoms with E-state index < -0.39 is 0 Å². The van der Waals surface area contributed by atoms with Gasteiger partial charge in [-0.05, 0) is 25.7 Å². The molecule has 74 valence electrons. The van der Waals surface area contributed by atoms with E-state index in [0.717, 1.165) is 25.7 Å². The zero-order chi connectivity index (χ0) is 9.90. The predicted molar refractivity (Wildman–Crippen MR) is 64.2 cm³/mol. The predicted octanol–water partition coefficient (Wildman–Crippen LogP) is 4.34. The SMILES string of the molecule is C1=CC/C=C\C/C=C\CC/C=C\C=C\1. The topological polar surface area (TPSA) is 0 Å². The third kappa shape index (κ3) is 6.24. The lowest BCUT2D eigenvalue weighted by atomic mass is 10.2. The Morgan fingerprint density at radius 3 is 1.86 bits per heavy atom. The van der Waals surface area contributed by atoms with Crippen molar-refractivity contribution in [2.45, 2.75) is 25.7 Å². The molecule has 0 bridgehead atoms. The Bertz CT molecular complexity index is 262. The van der Waals surface area contributed by atoms with Crippen LogP contribution in [0.3, 0.4) is 0 Å². The van der Waals surface area contributed by atoms with Crippen molar-refractivity contribution in [1.82, 2.24) is 0 Å². The molecule has 0 amide bonds. The highest BCUT2D eigenvalue weighted by Crippen LogP contribution is 1.97. The summed E-state index contributed by atoms with van der Waals surface area (Å²) in [6, 6.07) is 0. The Hall–Kier alpha value is -1.30. The highest BCUT2D eigenvalue weighted by molar-refractivity contribution is 5.12. The fourth-order valence-electron chi connectivity index (χ4n) is 1.22. The first-order valence-corrected chi connectivity index (χ1v) is 5.28.